The zero-order valence-electron chi connectivity index (χ0n) is 11.2. The van der Waals surface area contributed by atoms with E-state index in [9.17, 15) is 4.79 Å². The highest BCUT2D eigenvalue weighted by Crippen LogP contribution is 2.40. The Morgan fingerprint density at radius 1 is 1.05 bits per heavy atom. The second-order valence-electron chi connectivity index (χ2n) is 5.48. The summed E-state index contributed by atoms with van der Waals surface area (Å²) in [5.41, 5.74) is 6.22. The van der Waals surface area contributed by atoms with Crippen molar-refractivity contribution in [2.45, 2.75) is 31.2 Å². The molecule has 1 amide bonds. The highest BCUT2D eigenvalue weighted by molar-refractivity contribution is 5.86. The van der Waals surface area contributed by atoms with Gasteiger partial charge in [-0.05, 0) is 31.2 Å². The molecule has 0 saturated carbocycles. The topological polar surface area (TPSA) is 49.6 Å². The third-order valence-corrected chi connectivity index (χ3v) is 4.43. The quantitative estimate of drug-likeness (QED) is 0.894. The highest BCUT2D eigenvalue weighted by Gasteiger charge is 2.50. The van der Waals surface area contributed by atoms with Crippen molar-refractivity contribution >= 4 is 5.91 Å². The number of benzene rings is 1. The van der Waals surface area contributed by atoms with Crippen molar-refractivity contribution in [3.63, 3.8) is 0 Å². The molecule has 2 aliphatic heterocycles. The molecule has 0 radical (unpaired) electrons. The van der Waals surface area contributed by atoms with E-state index >= 15 is 0 Å². The molecule has 2 fully saturated rings. The maximum absolute atomic E-state index is 12.2. The number of rotatable bonds is 3. The summed E-state index contributed by atoms with van der Waals surface area (Å²) in [6.07, 6.45) is 4.26. The zero-order chi connectivity index (χ0) is 13.3. The molecule has 0 bridgehead atoms. The summed E-state index contributed by atoms with van der Waals surface area (Å²) < 4.78 is 0. The van der Waals surface area contributed by atoms with Crippen LogP contribution in [0.3, 0.4) is 0 Å². The summed E-state index contributed by atoms with van der Waals surface area (Å²) in [4.78, 5) is 12.2. The number of nitrogens with two attached hydrogens (primary N) is 1. The second kappa shape index (κ2) is 4.94. The van der Waals surface area contributed by atoms with Crippen molar-refractivity contribution in [2.75, 3.05) is 19.6 Å². The Labute approximate surface area is 114 Å². The summed E-state index contributed by atoms with van der Waals surface area (Å²) in [6, 6.07) is 10.0. The Morgan fingerprint density at radius 3 is 2.37 bits per heavy atom. The lowest BCUT2D eigenvalue weighted by Crippen LogP contribution is -2.57. The van der Waals surface area contributed by atoms with Crippen LogP contribution in [-0.2, 0) is 10.3 Å². The molecule has 102 valence electrons. The van der Waals surface area contributed by atoms with Gasteiger partial charge < -0.3 is 5.73 Å². The smallest absolute Gasteiger partial charge is 0.243 e. The number of carbonyl (C=O) groups is 1. The van der Waals surface area contributed by atoms with Gasteiger partial charge in [0.25, 0.3) is 0 Å². The largest absolute Gasteiger partial charge is 0.368 e. The van der Waals surface area contributed by atoms with Gasteiger partial charge in [-0.1, -0.05) is 30.3 Å². The fraction of sp³-hybridized carbons (Fsp3) is 0.533. The van der Waals surface area contributed by atoms with Crippen molar-refractivity contribution in [3.8, 4) is 0 Å². The minimum absolute atomic E-state index is 0.219. The number of amides is 1. The monoisotopic (exact) mass is 259 g/mol. The van der Waals surface area contributed by atoms with Crippen LogP contribution in [0.4, 0.5) is 0 Å². The van der Waals surface area contributed by atoms with Crippen molar-refractivity contribution in [1.82, 2.24) is 10.0 Å². The molecule has 2 N–H and O–H groups in total. The minimum atomic E-state index is -0.633. The van der Waals surface area contributed by atoms with Crippen LogP contribution < -0.4 is 5.73 Å². The Bertz CT molecular complexity index is 456. The first kappa shape index (κ1) is 12.6. The van der Waals surface area contributed by atoms with E-state index in [1.54, 1.807) is 0 Å². The number of hydrogen-bond donors (Lipinski definition) is 1. The average molecular weight is 259 g/mol. The molecule has 2 saturated heterocycles. The Kier molecular flexibility index (Phi) is 3.29. The molecule has 2 aliphatic rings. The van der Waals surface area contributed by atoms with Crippen LogP contribution in [0, 0.1) is 0 Å². The molecule has 0 aliphatic carbocycles. The zero-order valence-corrected chi connectivity index (χ0v) is 11.2. The predicted octanol–water partition coefficient (Wildman–Crippen LogP) is 1.47. The van der Waals surface area contributed by atoms with E-state index in [4.69, 9.17) is 5.73 Å². The normalized spacial score (nSPS) is 28.8. The van der Waals surface area contributed by atoms with Gasteiger partial charge in [0.05, 0.1) is 0 Å². The van der Waals surface area contributed by atoms with Gasteiger partial charge in [-0.25, -0.2) is 10.0 Å². The fourth-order valence-electron chi connectivity index (χ4n) is 3.53. The standard InChI is InChI=1S/C15H21N3O/c16-14(19)15(13-7-2-1-3-8-13)9-6-12-18(15)17-10-4-5-11-17/h1-3,7-8H,4-6,9-12H2,(H2,16,19). The summed E-state index contributed by atoms with van der Waals surface area (Å²) in [5.74, 6) is -0.219. The van der Waals surface area contributed by atoms with Gasteiger partial charge >= 0.3 is 0 Å². The molecular formula is C15H21N3O. The number of nitrogens with zero attached hydrogens (tertiary/aromatic N) is 2. The van der Waals surface area contributed by atoms with E-state index in [2.05, 4.69) is 10.0 Å². The summed E-state index contributed by atoms with van der Waals surface area (Å²) >= 11 is 0. The van der Waals surface area contributed by atoms with E-state index < -0.39 is 5.54 Å². The number of hydrogen-bond acceptors (Lipinski definition) is 3. The van der Waals surface area contributed by atoms with E-state index in [0.717, 1.165) is 38.0 Å². The third kappa shape index (κ3) is 1.95. The van der Waals surface area contributed by atoms with Gasteiger partial charge in [-0.15, -0.1) is 0 Å². The lowest BCUT2D eigenvalue weighted by atomic mass is 9.87. The van der Waals surface area contributed by atoms with E-state index in [1.165, 1.54) is 12.8 Å². The Hall–Kier alpha value is -1.39. The van der Waals surface area contributed by atoms with Crippen molar-refractivity contribution in [3.05, 3.63) is 35.9 Å². The fourth-order valence-corrected chi connectivity index (χ4v) is 3.53. The molecular weight excluding hydrogens is 238 g/mol. The first-order chi connectivity index (χ1) is 9.25. The summed E-state index contributed by atoms with van der Waals surface area (Å²) in [7, 11) is 0. The average Bonchev–Trinajstić information content (AvgIpc) is 3.09. The summed E-state index contributed by atoms with van der Waals surface area (Å²) in [5, 5.41) is 4.56. The second-order valence-corrected chi connectivity index (χ2v) is 5.48. The predicted molar refractivity (Wildman–Crippen MR) is 74.1 cm³/mol. The van der Waals surface area contributed by atoms with Crippen LogP contribution in [0.1, 0.15) is 31.2 Å². The molecule has 19 heavy (non-hydrogen) atoms. The first-order valence-corrected chi connectivity index (χ1v) is 7.13. The van der Waals surface area contributed by atoms with Crippen LogP contribution in [0.25, 0.3) is 0 Å². The van der Waals surface area contributed by atoms with Crippen molar-refractivity contribution in [1.29, 1.82) is 0 Å². The molecule has 1 aromatic carbocycles. The Balaban J connectivity index is 2.01. The molecule has 1 atom stereocenters. The lowest BCUT2D eigenvalue weighted by Gasteiger charge is -2.41. The van der Waals surface area contributed by atoms with Crippen LogP contribution in [0.15, 0.2) is 30.3 Å². The number of hydrazine groups is 1. The molecule has 0 spiro atoms. The van der Waals surface area contributed by atoms with Gasteiger partial charge in [-0.2, -0.15) is 0 Å². The summed E-state index contributed by atoms with van der Waals surface area (Å²) in [6.45, 7) is 3.02. The molecule has 4 heteroatoms. The van der Waals surface area contributed by atoms with Crippen LogP contribution in [0.5, 0.6) is 0 Å². The van der Waals surface area contributed by atoms with Crippen LogP contribution in [0.2, 0.25) is 0 Å². The highest BCUT2D eigenvalue weighted by atomic mass is 16.2. The molecule has 0 aromatic heterocycles. The van der Waals surface area contributed by atoms with Gasteiger partial charge in [0.1, 0.15) is 5.54 Å². The Morgan fingerprint density at radius 2 is 1.74 bits per heavy atom. The van der Waals surface area contributed by atoms with Crippen LogP contribution >= 0.6 is 0 Å². The van der Waals surface area contributed by atoms with Gasteiger partial charge in [0, 0.05) is 19.6 Å². The van der Waals surface area contributed by atoms with Gasteiger partial charge in [-0.3, -0.25) is 4.79 Å². The van der Waals surface area contributed by atoms with E-state index in [-0.39, 0.29) is 5.91 Å². The van der Waals surface area contributed by atoms with Gasteiger partial charge in [0.15, 0.2) is 0 Å². The minimum Gasteiger partial charge on any atom is -0.368 e. The first-order valence-electron chi connectivity index (χ1n) is 7.13. The maximum Gasteiger partial charge on any atom is 0.243 e. The number of primary amides is 1. The van der Waals surface area contributed by atoms with E-state index in [0.29, 0.717) is 0 Å². The lowest BCUT2D eigenvalue weighted by molar-refractivity contribution is -0.143. The van der Waals surface area contributed by atoms with E-state index in [1.807, 2.05) is 30.3 Å². The molecule has 1 aromatic rings. The molecule has 4 nitrogen and oxygen atoms in total. The molecule has 1 unspecified atom stereocenters. The van der Waals surface area contributed by atoms with Crippen molar-refractivity contribution < 1.29 is 4.79 Å². The van der Waals surface area contributed by atoms with Gasteiger partial charge in [0.2, 0.25) is 5.91 Å². The van der Waals surface area contributed by atoms with Crippen LogP contribution in [-0.4, -0.2) is 35.6 Å². The van der Waals surface area contributed by atoms with Crippen molar-refractivity contribution in [2.24, 2.45) is 5.73 Å². The maximum atomic E-state index is 12.2. The molecule has 3 rings (SSSR count). The number of carbonyl (C=O) groups excluding carboxylic acids is 1. The molecule has 2 heterocycles. The SMILES string of the molecule is NC(=O)C1(c2ccccc2)CCCN1N1CCCC1. The third-order valence-electron chi connectivity index (χ3n) is 4.43.